The van der Waals surface area contributed by atoms with Gasteiger partial charge in [0, 0.05) is 6.42 Å². The molecule has 1 aromatic rings. The third-order valence-corrected chi connectivity index (χ3v) is 1.30. The summed E-state index contributed by atoms with van der Waals surface area (Å²) in [6.45, 7) is 3.80. The van der Waals surface area contributed by atoms with E-state index in [0.717, 1.165) is 17.9 Å². The SMILES string of the molecule is CCc1cc(=[OH+])cc(C)o1.[Cl-]. The minimum atomic E-state index is 0. The Bertz CT molecular complexity index is 278. The predicted molar refractivity (Wildman–Crippen MR) is 37.9 cm³/mol. The Labute approximate surface area is 71.6 Å². The number of hydrogen-bond acceptors (Lipinski definition) is 1. The number of rotatable bonds is 1. The average molecular weight is 175 g/mol. The maximum Gasteiger partial charge on any atom is 0.346 e. The molecule has 0 amide bonds. The summed E-state index contributed by atoms with van der Waals surface area (Å²) in [5.74, 6) is 1.56. The summed E-state index contributed by atoms with van der Waals surface area (Å²) in [5, 5.41) is 0. The summed E-state index contributed by atoms with van der Waals surface area (Å²) in [4.78, 5) is 9.07. The van der Waals surface area contributed by atoms with Crippen LogP contribution in [0.5, 0.6) is 0 Å². The maximum absolute atomic E-state index is 9.07. The molecule has 62 valence electrons. The summed E-state index contributed by atoms with van der Waals surface area (Å²) in [7, 11) is 0. The average Bonchev–Trinajstić information content (AvgIpc) is 1.85. The van der Waals surface area contributed by atoms with Crippen molar-refractivity contribution in [1.82, 2.24) is 0 Å². The van der Waals surface area contributed by atoms with Gasteiger partial charge < -0.3 is 16.8 Å². The van der Waals surface area contributed by atoms with Crippen LogP contribution in [-0.4, -0.2) is 4.79 Å². The van der Waals surface area contributed by atoms with Gasteiger partial charge in [-0.25, -0.2) is 0 Å². The Balaban J connectivity index is 0.000001000. The van der Waals surface area contributed by atoms with E-state index in [2.05, 4.69) is 0 Å². The van der Waals surface area contributed by atoms with Crippen molar-refractivity contribution in [2.75, 3.05) is 0 Å². The standard InChI is InChI=1S/C8H10O2.ClH/c1-3-8-5-7(9)4-6(2)10-8;/h4-5H,3H2,1-2H3;1H. The van der Waals surface area contributed by atoms with Crippen molar-refractivity contribution in [3.05, 3.63) is 29.1 Å². The first-order chi connectivity index (χ1) is 4.72. The normalized spacial score (nSPS) is 8.91. The summed E-state index contributed by atoms with van der Waals surface area (Å²) < 4.78 is 5.25. The molecule has 0 radical (unpaired) electrons. The number of aryl methyl sites for hydroxylation is 2. The number of hydrogen-bond donors (Lipinski definition) is 0. The fourth-order valence-corrected chi connectivity index (χ4v) is 0.855. The van der Waals surface area contributed by atoms with Crippen LogP contribution >= 0.6 is 0 Å². The molecular formula is C8H11ClO2. The van der Waals surface area contributed by atoms with E-state index in [1.807, 2.05) is 13.8 Å². The second kappa shape index (κ2) is 4.19. The largest absolute Gasteiger partial charge is 1.00 e. The van der Waals surface area contributed by atoms with Gasteiger partial charge in [0.2, 0.25) is 0 Å². The van der Waals surface area contributed by atoms with Gasteiger partial charge in [-0.2, -0.15) is 0 Å². The first-order valence-electron chi connectivity index (χ1n) is 3.35. The molecule has 0 aliphatic carbocycles. The molecule has 0 atom stereocenters. The van der Waals surface area contributed by atoms with Gasteiger partial charge in [-0.15, -0.1) is 0 Å². The molecule has 1 aromatic heterocycles. The second-order valence-electron chi connectivity index (χ2n) is 2.25. The fourth-order valence-electron chi connectivity index (χ4n) is 0.855. The van der Waals surface area contributed by atoms with Gasteiger partial charge in [0.1, 0.15) is 11.5 Å². The molecule has 0 aliphatic rings. The van der Waals surface area contributed by atoms with E-state index in [1.165, 1.54) is 0 Å². The van der Waals surface area contributed by atoms with Crippen molar-refractivity contribution in [1.29, 1.82) is 0 Å². The van der Waals surface area contributed by atoms with Crippen molar-refractivity contribution in [3.8, 4) is 0 Å². The van der Waals surface area contributed by atoms with Crippen molar-refractivity contribution < 1.29 is 21.6 Å². The van der Waals surface area contributed by atoms with E-state index in [4.69, 9.17) is 9.21 Å². The van der Waals surface area contributed by atoms with Gasteiger partial charge in [-0.3, -0.25) is 4.79 Å². The van der Waals surface area contributed by atoms with E-state index >= 15 is 0 Å². The Morgan fingerprint density at radius 1 is 1.45 bits per heavy atom. The highest BCUT2D eigenvalue weighted by molar-refractivity contribution is 5.02. The van der Waals surface area contributed by atoms with E-state index in [1.54, 1.807) is 12.1 Å². The van der Waals surface area contributed by atoms with E-state index in [9.17, 15) is 0 Å². The lowest BCUT2D eigenvalue weighted by Crippen LogP contribution is -3.00. The van der Waals surface area contributed by atoms with Gasteiger partial charge in [-0.05, 0) is 6.92 Å². The second-order valence-corrected chi connectivity index (χ2v) is 2.25. The first kappa shape index (κ1) is 10.2. The summed E-state index contributed by atoms with van der Waals surface area (Å²) in [6.07, 6.45) is 0.815. The summed E-state index contributed by atoms with van der Waals surface area (Å²) >= 11 is 0. The van der Waals surface area contributed by atoms with Crippen LogP contribution in [0.3, 0.4) is 0 Å². The Kier molecular flexibility index (Phi) is 3.90. The highest BCUT2D eigenvalue weighted by Crippen LogP contribution is 1.99. The molecule has 0 saturated carbocycles. The molecule has 0 aromatic carbocycles. The molecule has 0 bridgehead atoms. The minimum absolute atomic E-state index is 0. The third-order valence-electron chi connectivity index (χ3n) is 1.30. The molecule has 3 heteroatoms. The zero-order valence-electron chi connectivity index (χ0n) is 6.60. The molecule has 0 spiro atoms. The van der Waals surface area contributed by atoms with E-state index in [-0.39, 0.29) is 17.8 Å². The Hall–Kier alpha value is -0.760. The van der Waals surface area contributed by atoms with Crippen LogP contribution in [0.25, 0.3) is 0 Å². The predicted octanol–water partition coefficient (Wildman–Crippen LogP) is -1.84. The van der Waals surface area contributed by atoms with Gasteiger partial charge >= 0.3 is 5.43 Å². The van der Waals surface area contributed by atoms with Crippen molar-refractivity contribution in [2.45, 2.75) is 20.3 Å². The molecule has 0 saturated heterocycles. The topological polar surface area (TPSA) is 34.5 Å². The fraction of sp³-hybridized carbons (Fsp3) is 0.375. The number of halogens is 1. The Morgan fingerprint density at radius 2 is 2.09 bits per heavy atom. The zero-order valence-corrected chi connectivity index (χ0v) is 7.35. The van der Waals surface area contributed by atoms with Gasteiger partial charge in [0.15, 0.2) is 0 Å². The highest BCUT2D eigenvalue weighted by Gasteiger charge is 1.98. The van der Waals surface area contributed by atoms with Gasteiger partial charge in [0.25, 0.3) is 0 Å². The van der Waals surface area contributed by atoms with Crippen LogP contribution < -0.4 is 17.8 Å². The zero-order chi connectivity index (χ0) is 7.56. The molecule has 1 N–H and O–H groups in total. The summed E-state index contributed by atoms with van der Waals surface area (Å²) in [6, 6.07) is 3.23. The van der Waals surface area contributed by atoms with Crippen LogP contribution in [0.4, 0.5) is 0 Å². The van der Waals surface area contributed by atoms with Crippen molar-refractivity contribution in [2.24, 2.45) is 0 Å². The lowest BCUT2D eigenvalue weighted by molar-refractivity contribution is -0.00000394. The molecule has 11 heavy (non-hydrogen) atoms. The molecule has 0 unspecified atom stereocenters. The van der Waals surface area contributed by atoms with Crippen LogP contribution in [-0.2, 0) is 6.42 Å². The lowest BCUT2D eigenvalue weighted by atomic mass is 10.3. The molecule has 0 aliphatic heterocycles. The molecule has 0 fully saturated rings. The first-order valence-corrected chi connectivity index (χ1v) is 3.35. The van der Waals surface area contributed by atoms with Crippen LogP contribution in [0.1, 0.15) is 18.4 Å². The lowest BCUT2D eigenvalue weighted by Gasteiger charge is -1.93. The van der Waals surface area contributed by atoms with Crippen LogP contribution in [0.15, 0.2) is 16.5 Å². The van der Waals surface area contributed by atoms with E-state index < -0.39 is 0 Å². The Morgan fingerprint density at radius 3 is 2.55 bits per heavy atom. The van der Waals surface area contributed by atoms with Crippen molar-refractivity contribution >= 4 is 0 Å². The third kappa shape index (κ3) is 2.76. The molecule has 1 rings (SSSR count). The van der Waals surface area contributed by atoms with Gasteiger partial charge in [0.05, 0.1) is 12.1 Å². The molecular weight excluding hydrogens is 164 g/mol. The summed E-state index contributed by atoms with van der Waals surface area (Å²) in [5.41, 5.74) is 0.278. The molecule has 1 heterocycles. The van der Waals surface area contributed by atoms with Gasteiger partial charge in [-0.1, -0.05) is 6.92 Å². The maximum atomic E-state index is 9.07. The quantitative estimate of drug-likeness (QED) is 0.461. The van der Waals surface area contributed by atoms with E-state index in [0.29, 0.717) is 0 Å². The minimum Gasteiger partial charge on any atom is -1.00 e. The van der Waals surface area contributed by atoms with Crippen molar-refractivity contribution in [3.63, 3.8) is 0 Å². The highest BCUT2D eigenvalue weighted by atomic mass is 35.5. The van der Waals surface area contributed by atoms with Crippen LogP contribution in [0, 0.1) is 6.92 Å². The van der Waals surface area contributed by atoms with Crippen LogP contribution in [0.2, 0.25) is 0 Å². The monoisotopic (exact) mass is 174 g/mol. The smallest absolute Gasteiger partial charge is 0.346 e. The molecule has 2 nitrogen and oxygen atoms in total.